The molecule has 0 spiro atoms. The molecule has 0 bridgehead atoms. The second kappa shape index (κ2) is 8.74. The summed E-state index contributed by atoms with van der Waals surface area (Å²) >= 11 is 7.30. The van der Waals surface area contributed by atoms with Gasteiger partial charge in [0.05, 0.1) is 0 Å². The lowest BCUT2D eigenvalue weighted by Crippen LogP contribution is -2.34. The Labute approximate surface area is 159 Å². The van der Waals surface area contributed by atoms with Crippen molar-refractivity contribution in [3.05, 3.63) is 63.2 Å². The van der Waals surface area contributed by atoms with E-state index in [2.05, 4.69) is 38.5 Å². The number of amides is 2. The highest BCUT2D eigenvalue weighted by molar-refractivity contribution is 14.1. The maximum atomic E-state index is 12.2. The highest BCUT2D eigenvalue weighted by Gasteiger charge is 2.09. The van der Waals surface area contributed by atoms with Gasteiger partial charge in [-0.05, 0) is 78.1 Å². The first-order valence-electron chi connectivity index (χ1n) is 7.25. The van der Waals surface area contributed by atoms with Crippen LogP contribution in [0, 0.1) is 3.57 Å². The largest absolute Gasteiger partial charge is 0.352 e. The molecule has 0 aromatic heterocycles. The molecule has 0 aliphatic heterocycles. The van der Waals surface area contributed by atoms with E-state index in [1.54, 1.807) is 36.4 Å². The Morgan fingerprint density at radius 2 is 1.71 bits per heavy atom. The van der Waals surface area contributed by atoms with Gasteiger partial charge in [-0.2, -0.15) is 0 Å². The molecule has 24 heavy (non-hydrogen) atoms. The van der Waals surface area contributed by atoms with Gasteiger partial charge in [-0.1, -0.05) is 12.1 Å². The van der Waals surface area contributed by atoms with Gasteiger partial charge in [-0.15, -0.1) is 0 Å². The Morgan fingerprint density at radius 3 is 2.38 bits per heavy atom. The molecule has 124 valence electrons. The zero-order valence-corrected chi connectivity index (χ0v) is 15.9. The number of halogens is 1. The van der Waals surface area contributed by atoms with Crippen molar-refractivity contribution in [1.82, 2.24) is 10.6 Å². The molecule has 0 atom stereocenters. The summed E-state index contributed by atoms with van der Waals surface area (Å²) in [6.45, 7) is 2.41. The fourth-order valence-corrected chi connectivity index (χ4v) is 2.72. The third-order valence-electron chi connectivity index (χ3n) is 3.03. The van der Waals surface area contributed by atoms with Crippen LogP contribution in [0.1, 0.15) is 27.6 Å². The van der Waals surface area contributed by atoms with Crippen molar-refractivity contribution < 1.29 is 9.59 Å². The molecule has 7 heteroatoms. The SMILES string of the molecule is CCNC(=O)c1cccc(NC(=S)NC(=O)c2cccc(I)c2)c1. The average molecular weight is 453 g/mol. The van der Waals surface area contributed by atoms with Crippen LogP contribution in [-0.2, 0) is 0 Å². The molecule has 5 nitrogen and oxygen atoms in total. The van der Waals surface area contributed by atoms with Gasteiger partial charge >= 0.3 is 0 Å². The molecule has 2 aromatic carbocycles. The maximum Gasteiger partial charge on any atom is 0.257 e. The van der Waals surface area contributed by atoms with Crippen LogP contribution in [0.5, 0.6) is 0 Å². The molecule has 3 N–H and O–H groups in total. The van der Waals surface area contributed by atoms with Gasteiger partial charge < -0.3 is 10.6 Å². The smallest absolute Gasteiger partial charge is 0.257 e. The standard InChI is InChI=1S/C17H16IN3O2S/c1-2-19-15(22)12-6-4-8-14(10-12)20-17(24)21-16(23)11-5-3-7-13(18)9-11/h3-10H,2H2,1H3,(H,19,22)(H2,20,21,23,24). The Morgan fingerprint density at radius 1 is 1.04 bits per heavy atom. The number of carbonyl (C=O) groups excluding carboxylic acids is 2. The lowest BCUT2D eigenvalue weighted by Gasteiger charge is -2.11. The summed E-state index contributed by atoms with van der Waals surface area (Å²) in [7, 11) is 0. The molecule has 0 radical (unpaired) electrons. The number of nitrogens with one attached hydrogen (secondary N) is 3. The highest BCUT2D eigenvalue weighted by Crippen LogP contribution is 2.11. The molecule has 2 rings (SSSR count). The van der Waals surface area contributed by atoms with E-state index in [4.69, 9.17) is 12.2 Å². The third kappa shape index (κ3) is 5.27. The molecular formula is C17H16IN3O2S. The van der Waals surface area contributed by atoms with E-state index in [-0.39, 0.29) is 16.9 Å². The molecule has 2 aromatic rings. The van der Waals surface area contributed by atoms with E-state index in [0.29, 0.717) is 23.4 Å². The second-order valence-electron chi connectivity index (χ2n) is 4.86. The van der Waals surface area contributed by atoms with Gasteiger partial charge in [0.2, 0.25) is 0 Å². The number of carbonyl (C=O) groups is 2. The van der Waals surface area contributed by atoms with Crippen LogP contribution in [0.15, 0.2) is 48.5 Å². The maximum absolute atomic E-state index is 12.2. The normalized spacial score (nSPS) is 9.92. The third-order valence-corrected chi connectivity index (χ3v) is 3.91. The van der Waals surface area contributed by atoms with E-state index in [0.717, 1.165) is 3.57 Å². The minimum atomic E-state index is -0.286. The molecular weight excluding hydrogens is 437 g/mol. The number of rotatable bonds is 4. The summed E-state index contributed by atoms with van der Waals surface area (Å²) < 4.78 is 0.966. The Bertz CT molecular complexity index is 780. The van der Waals surface area contributed by atoms with Crippen molar-refractivity contribution in [3.63, 3.8) is 0 Å². The minimum absolute atomic E-state index is 0.157. The van der Waals surface area contributed by atoms with Crippen molar-refractivity contribution in [2.45, 2.75) is 6.92 Å². The van der Waals surface area contributed by atoms with Gasteiger partial charge in [0.25, 0.3) is 11.8 Å². The molecule has 0 saturated heterocycles. The van der Waals surface area contributed by atoms with E-state index < -0.39 is 0 Å². The summed E-state index contributed by atoms with van der Waals surface area (Å²) in [4.78, 5) is 24.0. The summed E-state index contributed by atoms with van der Waals surface area (Å²) in [6.07, 6.45) is 0. The molecule has 0 fully saturated rings. The van der Waals surface area contributed by atoms with Crippen LogP contribution in [0.3, 0.4) is 0 Å². The van der Waals surface area contributed by atoms with Crippen molar-refractivity contribution in [2.24, 2.45) is 0 Å². The molecule has 0 aliphatic rings. The molecule has 2 amide bonds. The summed E-state index contributed by atoms with van der Waals surface area (Å²) in [6, 6.07) is 14.1. The van der Waals surface area contributed by atoms with E-state index in [1.807, 2.05) is 19.1 Å². The molecule has 0 heterocycles. The lowest BCUT2D eigenvalue weighted by atomic mass is 10.2. The van der Waals surface area contributed by atoms with Gasteiger partial charge in [0.15, 0.2) is 5.11 Å². The van der Waals surface area contributed by atoms with Gasteiger partial charge in [0, 0.05) is 26.9 Å². The first-order chi connectivity index (χ1) is 11.5. The quantitative estimate of drug-likeness (QED) is 0.492. The van der Waals surface area contributed by atoms with Gasteiger partial charge in [0.1, 0.15) is 0 Å². The molecule has 0 saturated carbocycles. The monoisotopic (exact) mass is 453 g/mol. The number of thiocarbonyl (C=S) groups is 1. The van der Waals surface area contributed by atoms with Crippen molar-refractivity contribution in [1.29, 1.82) is 0 Å². The second-order valence-corrected chi connectivity index (χ2v) is 6.51. The van der Waals surface area contributed by atoms with Gasteiger partial charge in [-0.25, -0.2) is 0 Å². The fourth-order valence-electron chi connectivity index (χ4n) is 1.97. The number of benzene rings is 2. The summed E-state index contributed by atoms with van der Waals surface area (Å²) in [5.41, 5.74) is 1.68. The first kappa shape index (κ1) is 18.3. The first-order valence-corrected chi connectivity index (χ1v) is 8.74. The van der Waals surface area contributed by atoms with Gasteiger partial charge in [-0.3, -0.25) is 14.9 Å². The van der Waals surface area contributed by atoms with Crippen LogP contribution in [-0.4, -0.2) is 23.5 Å². The average Bonchev–Trinajstić information content (AvgIpc) is 2.55. The predicted octanol–water partition coefficient (Wildman–Crippen LogP) is 3.17. The highest BCUT2D eigenvalue weighted by atomic mass is 127. The molecule has 0 aliphatic carbocycles. The molecule has 0 unspecified atom stereocenters. The number of hydrogen-bond acceptors (Lipinski definition) is 3. The minimum Gasteiger partial charge on any atom is -0.352 e. The van der Waals surface area contributed by atoms with E-state index >= 15 is 0 Å². The van der Waals surface area contributed by atoms with Crippen LogP contribution < -0.4 is 16.0 Å². The zero-order chi connectivity index (χ0) is 17.5. The summed E-state index contributed by atoms with van der Waals surface area (Å²) in [5, 5.41) is 8.44. The van der Waals surface area contributed by atoms with Crippen molar-refractivity contribution in [3.8, 4) is 0 Å². The topological polar surface area (TPSA) is 70.2 Å². The van der Waals surface area contributed by atoms with Crippen LogP contribution in [0.2, 0.25) is 0 Å². The van der Waals surface area contributed by atoms with E-state index in [9.17, 15) is 9.59 Å². The zero-order valence-electron chi connectivity index (χ0n) is 12.9. The van der Waals surface area contributed by atoms with Crippen LogP contribution >= 0.6 is 34.8 Å². The van der Waals surface area contributed by atoms with E-state index in [1.165, 1.54) is 0 Å². The predicted molar refractivity (Wildman–Crippen MR) is 107 cm³/mol. The lowest BCUT2D eigenvalue weighted by molar-refractivity contribution is 0.0953. The Balaban J connectivity index is 2.01. The summed E-state index contributed by atoms with van der Waals surface area (Å²) in [5.74, 6) is -0.444. The van der Waals surface area contributed by atoms with Crippen molar-refractivity contribution >= 4 is 57.4 Å². The number of anilines is 1. The fraction of sp³-hybridized carbons (Fsp3) is 0.118. The van der Waals surface area contributed by atoms with Crippen molar-refractivity contribution in [2.75, 3.05) is 11.9 Å². The van der Waals surface area contributed by atoms with Crippen LogP contribution in [0.4, 0.5) is 5.69 Å². The Hall–Kier alpha value is -2.00. The van der Waals surface area contributed by atoms with Crippen LogP contribution in [0.25, 0.3) is 0 Å². The Kier molecular flexibility index (Phi) is 6.68. The number of hydrogen-bond donors (Lipinski definition) is 3.